The molecule has 4 rings (SSSR count). The first-order chi connectivity index (χ1) is 14.4. The minimum atomic E-state index is -0.119. The number of benzene rings is 2. The Balaban J connectivity index is 1.67. The number of rotatable bonds is 4. The zero-order valence-electron chi connectivity index (χ0n) is 16.6. The Morgan fingerprint density at radius 1 is 1.13 bits per heavy atom. The first-order valence-corrected chi connectivity index (χ1v) is 13.2. The van der Waals surface area contributed by atoms with Gasteiger partial charge in [0.2, 0.25) is 0 Å². The van der Waals surface area contributed by atoms with Crippen LogP contribution in [0.4, 0.5) is 5.69 Å². The molecule has 0 bridgehead atoms. The zero-order valence-corrected chi connectivity index (χ0v) is 21.8. The van der Waals surface area contributed by atoms with E-state index < -0.39 is 0 Å². The van der Waals surface area contributed by atoms with Crippen LogP contribution in [0.1, 0.15) is 38.2 Å². The van der Waals surface area contributed by atoms with E-state index in [4.69, 9.17) is 0 Å². The van der Waals surface area contributed by atoms with E-state index in [1.165, 1.54) is 19.3 Å². The van der Waals surface area contributed by atoms with Crippen LogP contribution in [0.15, 0.2) is 47.4 Å². The van der Waals surface area contributed by atoms with Gasteiger partial charge in [-0.15, -0.1) is 0 Å². The van der Waals surface area contributed by atoms with Gasteiger partial charge in [0, 0.05) is 11.7 Å². The van der Waals surface area contributed by atoms with E-state index in [1.54, 1.807) is 11.8 Å². The molecule has 30 heavy (non-hydrogen) atoms. The molecule has 3 atom stereocenters. The second kappa shape index (κ2) is 9.68. The highest BCUT2D eigenvalue weighted by Crippen LogP contribution is 2.42. The molecule has 1 amide bonds. The van der Waals surface area contributed by atoms with E-state index in [0.29, 0.717) is 11.7 Å². The molecule has 1 aliphatic heterocycles. The van der Waals surface area contributed by atoms with Crippen molar-refractivity contribution in [2.24, 2.45) is 5.92 Å². The van der Waals surface area contributed by atoms with Crippen LogP contribution in [0.5, 0.6) is 5.75 Å². The second-order valence-electron chi connectivity index (χ2n) is 7.86. The van der Waals surface area contributed by atoms with Crippen molar-refractivity contribution in [3.8, 4) is 5.75 Å². The second-order valence-corrected chi connectivity index (χ2v) is 11.3. The van der Waals surface area contributed by atoms with Gasteiger partial charge < -0.3 is 15.3 Å². The van der Waals surface area contributed by atoms with Gasteiger partial charge in [-0.3, -0.25) is 4.79 Å². The summed E-state index contributed by atoms with van der Waals surface area (Å²) in [5.74, 6) is 0.897. The molecular formula is C23H24I2N2O2S. The van der Waals surface area contributed by atoms with E-state index in [0.717, 1.165) is 29.7 Å². The third-order valence-corrected chi connectivity index (χ3v) is 8.52. The summed E-state index contributed by atoms with van der Waals surface area (Å²) in [6, 6.07) is 14.2. The van der Waals surface area contributed by atoms with Gasteiger partial charge in [-0.25, -0.2) is 0 Å². The third kappa shape index (κ3) is 4.77. The van der Waals surface area contributed by atoms with E-state index in [1.807, 2.05) is 48.5 Å². The molecule has 2 fully saturated rings. The molecule has 1 saturated carbocycles. The van der Waals surface area contributed by atoms with Gasteiger partial charge >= 0.3 is 0 Å². The van der Waals surface area contributed by atoms with E-state index in [2.05, 4.69) is 62.3 Å². The number of aromatic hydroxyl groups is 1. The number of nitrogens with one attached hydrogen (secondary N) is 1. The molecule has 4 nitrogen and oxygen atoms in total. The standard InChI is InChI=1S/C23H24I2N2O2S/c1-14-7-5-6-10-19(14)27-22(29)20(13-15-11-17(24)21(28)18(25)12-15)30-23(27)26-16-8-3-2-4-9-16/h2-4,8-9,11-14,19,23,26,28H,5-7,10H2,1H3/b20-13-/t14-,19-,23?/m0/s1. The number of amides is 1. The van der Waals surface area contributed by atoms with Crippen LogP contribution < -0.4 is 5.32 Å². The summed E-state index contributed by atoms with van der Waals surface area (Å²) in [6.07, 6.45) is 6.61. The van der Waals surface area contributed by atoms with Crippen molar-refractivity contribution in [1.29, 1.82) is 0 Å². The number of halogens is 2. The summed E-state index contributed by atoms with van der Waals surface area (Å²) >= 11 is 5.85. The molecule has 2 aromatic rings. The fraction of sp³-hybridized carbons (Fsp3) is 0.348. The summed E-state index contributed by atoms with van der Waals surface area (Å²) in [5.41, 5.74) is 1.84. The predicted octanol–water partition coefficient (Wildman–Crippen LogP) is 6.49. The Morgan fingerprint density at radius 3 is 2.47 bits per heavy atom. The van der Waals surface area contributed by atoms with Crippen molar-refractivity contribution >= 4 is 74.6 Å². The first-order valence-electron chi connectivity index (χ1n) is 10.1. The molecule has 1 unspecified atom stereocenters. The highest BCUT2D eigenvalue weighted by molar-refractivity contribution is 14.1. The number of phenols is 1. The summed E-state index contributed by atoms with van der Waals surface area (Å²) < 4.78 is 1.58. The number of phenolic OH excluding ortho intramolecular Hbond substituents is 1. The molecule has 2 aromatic carbocycles. The van der Waals surface area contributed by atoms with Gasteiger partial charge in [-0.2, -0.15) is 0 Å². The fourth-order valence-corrected chi connectivity index (χ4v) is 7.22. The number of nitrogens with zero attached hydrogens (tertiary/aromatic N) is 1. The molecule has 0 aromatic heterocycles. The molecule has 2 N–H and O–H groups in total. The SMILES string of the molecule is C[C@H]1CCCC[C@@H]1N1C(=O)/C(=C/c2cc(I)c(O)c(I)c2)SC1Nc1ccccc1. The third-order valence-electron chi connectivity index (χ3n) is 5.76. The number of hydrogen-bond acceptors (Lipinski definition) is 4. The Labute approximate surface area is 209 Å². The summed E-state index contributed by atoms with van der Waals surface area (Å²) in [7, 11) is 0. The van der Waals surface area contributed by atoms with Gasteiger partial charge in [-0.05, 0) is 99.8 Å². The van der Waals surface area contributed by atoms with Crippen molar-refractivity contribution in [2.75, 3.05) is 5.32 Å². The first kappa shape index (κ1) is 22.3. The molecule has 1 aliphatic carbocycles. The van der Waals surface area contributed by atoms with Crippen LogP contribution in [0.25, 0.3) is 6.08 Å². The van der Waals surface area contributed by atoms with Gasteiger partial charge in [0.15, 0.2) is 5.50 Å². The Hall–Kier alpha value is -0.940. The lowest BCUT2D eigenvalue weighted by Gasteiger charge is -2.39. The summed E-state index contributed by atoms with van der Waals surface area (Å²) in [4.78, 5) is 16.4. The number of para-hydroxylation sites is 1. The molecule has 1 saturated heterocycles. The number of carbonyl (C=O) groups is 1. The van der Waals surface area contributed by atoms with Crippen LogP contribution in [0.2, 0.25) is 0 Å². The number of hydrogen-bond donors (Lipinski definition) is 2. The summed E-state index contributed by atoms with van der Waals surface area (Å²) in [6.45, 7) is 2.27. The lowest BCUT2D eigenvalue weighted by Crippen LogP contribution is -2.48. The molecule has 0 spiro atoms. The highest BCUT2D eigenvalue weighted by Gasteiger charge is 2.42. The van der Waals surface area contributed by atoms with Crippen molar-refractivity contribution in [3.63, 3.8) is 0 Å². The molecular weight excluding hydrogens is 622 g/mol. The van der Waals surface area contributed by atoms with Crippen molar-refractivity contribution in [3.05, 3.63) is 60.1 Å². The van der Waals surface area contributed by atoms with Crippen molar-refractivity contribution in [2.45, 2.75) is 44.1 Å². The summed E-state index contributed by atoms with van der Waals surface area (Å²) in [5, 5.41) is 13.6. The number of carbonyl (C=O) groups excluding carboxylic acids is 1. The average Bonchev–Trinajstić information content (AvgIpc) is 3.02. The van der Waals surface area contributed by atoms with E-state index in [-0.39, 0.29) is 17.4 Å². The number of thioether (sulfide) groups is 1. The molecule has 1 heterocycles. The van der Waals surface area contributed by atoms with Crippen molar-refractivity contribution in [1.82, 2.24) is 4.90 Å². The van der Waals surface area contributed by atoms with Crippen LogP contribution in [0.3, 0.4) is 0 Å². The minimum absolute atomic E-state index is 0.102. The lowest BCUT2D eigenvalue weighted by atomic mass is 9.85. The van der Waals surface area contributed by atoms with Crippen LogP contribution in [0, 0.1) is 13.1 Å². The van der Waals surface area contributed by atoms with Gasteiger partial charge in [0.05, 0.1) is 12.0 Å². The maximum atomic E-state index is 13.5. The minimum Gasteiger partial charge on any atom is -0.506 e. The Kier molecular flexibility index (Phi) is 7.19. The van der Waals surface area contributed by atoms with Gasteiger partial charge in [-0.1, -0.05) is 49.7 Å². The maximum absolute atomic E-state index is 13.5. The smallest absolute Gasteiger partial charge is 0.262 e. The highest BCUT2D eigenvalue weighted by atomic mass is 127. The van der Waals surface area contributed by atoms with Crippen molar-refractivity contribution < 1.29 is 9.90 Å². The fourth-order valence-electron chi connectivity index (χ4n) is 4.19. The maximum Gasteiger partial charge on any atom is 0.262 e. The molecule has 2 aliphatic rings. The average molecular weight is 646 g/mol. The van der Waals surface area contributed by atoms with E-state index in [9.17, 15) is 9.90 Å². The van der Waals surface area contributed by atoms with Crippen LogP contribution in [-0.4, -0.2) is 27.5 Å². The quantitative estimate of drug-likeness (QED) is 0.295. The van der Waals surface area contributed by atoms with Gasteiger partial charge in [0.25, 0.3) is 5.91 Å². The number of anilines is 1. The van der Waals surface area contributed by atoms with Crippen LogP contribution in [-0.2, 0) is 4.79 Å². The van der Waals surface area contributed by atoms with Gasteiger partial charge in [0.1, 0.15) is 5.75 Å². The van der Waals surface area contributed by atoms with Crippen LogP contribution >= 0.6 is 56.9 Å². The normalized spacial score (nSPS) is 25.7. The largest absolute Gasteiger partial charge is 0.506 e. The lowest BCUT2D eigenvalue weighted by molar-refractivity contribution is -0.129. The Morgan fingerprint density at radius 2 is 1.80 bits per heavy atom. The molecule has 7 heteroatoms. The topological polar surface area (TPSA) is 52.6 Å². The van der Waals surface area contributed by atoms with E-state index >= 15 is 0 Å². The molecule has 158 valence electrons. The zero-order chi connectivity index (χ0) is 21.3. The molecule has 0 radical (unpaired) electrons. The monoisotopic (exact) mass is 646 g/mol. The Bertz CT molecular complexity index is 944. The predicted molar refractivity (Wildman–Crippen MR) is 141 cm³/mol.